The van der Waals surface area contributed by atoms with E-state index in [0.717, 1.165) is 108 Å². The standard InChI is InChI=1S/C71H138O17P2/c1-8-9-10-11-12-13-14-15-16-17-20-26-31-40-47-54-70(75)87-66(58-81-68(73)52-45-38-30-25-21-18-19-23-28-35-42-49-62(2)3)60-85-89(77,78)83-56-65(72)57-84-90(79,80)86-61-67(59-82-69(74)53-46-39-34-33-37-44-51-64(6)7)88-71(76)55-48-41-32-27-22-24-29-36-43-50-63(4)5/h62-67,72H,8-61H2,1-7H3,(H,77,78)(H,79,80)/t65-,66-,67-/m1/s1. The summed E-state index contributed by atoms with van der Waals surface area (Å²) in [6.45, 7) is 11.8. The second-order valence-electron chi connectivity index (χ2n) is 27.1. The fourth-order valence-corrected chi connectivity index (χ4v) is 12.3. The van der Waals surface area contributed by atoms with Gasteiger partial charge < -0.3 is 33.8 Å². The quantitative estimate of drug-likeness (QED) is 0.0222. The van der Waals surface area contributed by atoms with E-state index in [4.69, 9.17) is 37.0 Å². The van der Waals surface area contributed by atoms with Gasteiger partial charge in [-0.15, -0.1) is 0 Å². The number of hydrogen-bond acceptors (Lipinski definition) is 15. The van der Waals surface area contributed by atoms with Gasteiger partial charge in [0, 0.05) is 25.7 Å². The molecule has 0 aromatic rings. The average Bonchev–Trinajstić information content (AvgIpc) is 3.33. The first-order valence-corrected chi connectivity index (χ1v) is 39.8. The highest BCUT2D eigenvalue weighted by Gasteiger charge is 2.30. The molecule has 3 N–H and O–H groups in total. The van der Waals surface area contributed by atoms with E-state index in [1.807, 2.05) is 0 Å². The summed E-state index contributed by atoms with van der Waals surface area (Å²) in [5, 5.41) is 10.6. The highest BCUT2D eigenvalue weighted by molar-refractivity contribution is 7.47. The Morgan fingerprint density at radius 3 is 0.756 bits per heavy atom. The third-order valence-electron chi connectivity index (χ3n) is 16.4. The SMILES string of the molecule is CCCCCCCCCCCCCCCCCC(=O)O[C@H](COC(=O)CCCCCCCCCCCCCC(C)C)COP(=O)(O)OC[C@@H](O)COP(=O)(O)OC[C@@H](COC(=O)CCCCCCCCC(C)C)OC(=O)CCCCCCCCCCCC(C)C. The Balaban J connectivity index is 5.25. The fourth-order valence-electron chi connectivity index (χ4n) is 10.7. The van der Waals surface area contributed by atoms with Crippen LogP contribution >= 0.6 is 15.6 Å². The molecule has 0 aliphatic rings. The number of hydrogen-bond donors (Lipinski definition) is 3. The van der Waals surface area contributed by atoms with Gasteiger partial charge in [0.05, 0.1) is 26.4 Å². The molecule has 0 saturated heterocycles. The summed E-state index contributed by atoms with van der Waals surface area (Å²) >= 11 is 0. The van der Waals surface area contributed by atoms with Gasteiger partial charge in [-0.1, -0.05) is 305 Å². The molecule has 534 valence electrons. The summed E-state index contributed by atoms with van der Waals surface area (Å²) in [5.41, 5.74) is 0. The topological polar surface area (TPSA) is 237 Å². The van der Waals surface area contributed by atoms with Crippen LogP contribution in [-0.4, -0.2) is 96.7 Å². The Morgan fingerprint density at radius 1 is 0.300 bits per heavy atom. The maximum atomic E-state index is 13.0. The number of aliphatic hydroxyl groups is 1. The van der Waals surface area contributed by atoms with Gasteiger partial charge >= 0.3 is 39.5 Å². The maximum Gasteiger partial charge on any atom is 0.472 e. The molecule has 0 rings (SSSR count). The number of rotatable bonds is 69. The number of phosphoric acid groups is 2. The molecule has 90 heavy (non-hydrogen) atoms. The van der Waals surface area contributed by atoms with Crippen LogP contribution in [0.15, 0.2) is 0 Å². The lowest BCUT2D eigenvalue weighted by molar-refractivity contribution is -0.161. The van der Waals surface area contributed by atoms with Crippen molar-refractivity contribution in [2.75, 3.05) is 39.6 Å². The van der Waals surface area contributed by atoms with E-state index in [0.29, 0.717) is 31.6 Å². The second kappa shape index (κ2) is 61.9. The number of carbonyl (C=O) groups excluding carboxylic acids is 4. The molecular formula is C71H138O17P2. The Kier molecular flexibility index (Phi) is 60.6. The largest absolute Gasteiger partial charge is 0.472 e. The molecule has 0 saturated carbocycles. The Labute approximate surface area is 549 Å². The summed E-state index contributed by atoms with van der Waals surface area (Å²) < 4.78 is 68.3. The highest BCUT2D eigenvalue weighted by atomic mass is 31.2. The monoisotopic (exact) mass is 1320 g/mol. The number of phosphoric ester groups is 2. The lowest BCUT2D eigenvalue weighted by Gasteiger charge is -2.21. The van der Waals surface area contributed by atoms with Crippen LogP contribution in [0.3, 0.4) is 0 Å². The van der Waals surface area contributed by atoms with Crippen LogP contribution in [0.25, 0.3) is 0 Å². The van der Waals surface area contributed by atoms with E-state index in [1.165, 1.54) is 161 Å². The summed E-state index contributed by atoms with van der Waals surface area (Å²) in [6, 6.07) is 0. The van der Waals surface area contributed by atoms with Crippen molar-refractivity contribution in [2.24, 2.45) is 17.8 Å². The number of esters is 4. The van der Waals surface area contributed by atoms with E-state index >= 15 is 0 Å². The zero-order valence-corrected chi connectivity index (χ0v) is 60.4. The number of unbranched alkanes of at least 4 members (excludes halogenated alkanes) is 37. The third kappa shape index (κ3) is 64.8. The molecule has 0 bridgehead atoms. The van der Waals surface area contributed by atoms with Crippen LogP contribution in [0.2, 0.25) is 0 Å². The molecule has 0 aliphatic carbocycles. The van der Waals surface area contributed by atoms with Gasteiger partial charge in [-0.3, -0.25) is 37.3 Å². The molecule has 0 amide bonds. The van der Waals surface area contributed by atoms with Gasteiger partial charge in [0.1, 0.15) is 19.3 Å². The molecule has 5 atom stereocenters. The summed E-state index contributed by atoms with van der Waals surface area (Å²) in [4.78, 5) is 72.6. The van der Waals surface area contributed by atoms with Crippen molar-refractivity contribution in [3.63, 3.8) is 0 Å². The predicted molar refractivity (Wildman–Crippen MR) is 363 cm³/mol. The lowest BCUT2D eigenvalue weighted by atomic mass is 10.0. The van der Waals surface area contributed by atoms with Crippen molar-refractivity contribution >= 4 is 39.5 Å². The zero-order valence-electron chi connectivity index (χ0n) is 58.6. The predicted octanol–water partition coefficient (Wildman–Crippen LogP) is 20.2. The summed E-state index contributed by atoms with van der Waals surface area (Å²) in [5.74, 6) is 0.0609. The number of aliphatic hydroxyl groups excluding tert-OH is 1. The third-order valence-corrected chi connectivity index (χ3v) is 18.3. The van der Waals surface area contributed by atoms with Gasteiger partial charge in [-0.05, 0) is 43.4 Å². The molecule has 0 aliphatic heterocycles. The first-order chi connectivity index (χ1) is 43.2. The molecular weight excluding hydrogens is 1190 g/mol. The summed E-state index contributed by atoms with van der Waals surface area (Å²) in [6.07, 6.45) is 45.9. The molecule has 0 aromatic carbocycles. The first kappa shape index (κ1) is 88.1. The second-order valence-corrected chi connectivity index (χ2v) is 30.0. The minimum atomic E-state index is -4.95. The molecule has 0 radical (unpaired) electrons. The Bertz CT molecular complexity index is 1770. The summed E-state index contributed by atoms with van der Waals surface area (Å²) in [7, 11) is -9.90. The zero-order chi connectivity index (χ0) is 66.6. The van der Waals surface area contributed by atoms with Crippen LogP contribution in [0, 0.1) is 17.8 Å². The van der Waals surface area contributed by atoms with Crippen LogP contribution in [0.5, 0.6) is 0 Å². The lowest BCUT2D eigenvalue weighted by Crippen LogP contribution is -2.30. The van der Waals surface area contributed by atoms with E-state index in [2.05, 4.69) is 48.5 Å². The molecule has 0 aromatic heterocycles. The molecule has 0 fully saturated rings. The van der Waals surface area contributed by atoms with E-state index in [1.54, 1.807) is 0 Å². The van der Waals surface area contributed by atoms with Crippen LogP contribution in [0.4, 0.5) is 0 Å². The van der Waals surface area contributed by atoms with Crippen molar-refractivity contribution < 1.29 is 80.2 Å². The van der Waals surface area contributed by atoms with Crippen molar-refractivity contribution in [3.8, 4) is 0 Å². The van der Waals surface area contributed by atoms with E-state index in [9.17, 15) is 43.2 Å². The molecule has 2 unspecified atom stereocenters. The smallest absolute Gasteiger partial charge is 0.462 e. The maximum absolute atomic E-state index is 13.0. The van der Waals surface area contributed by atoms with Crippen LogP contribution in [-0.2, 0) is 65.4 Å². The van der Waals surface area contributed by atoms with E-state index in [-0.39, 0.29) is 25.7 Å². The van der Waals surface area contributed by atoms with E-state index < -0.39 is 97.5 Å². The molecule has 19 heteroatoms. The van der Waals surface area contributed by atoms with Gasteiger partial charge in [0.2, 0.25) is 0 Å². The average molecular weight is 1330 g/mol. The Hall–Kier alpha value is -1.94. The van der Waals surface area contributed by atoms with Gasteiger partial charge in [-0.25, -0.2) is 9.13 Å². The Morgan fingerprint density at radius 2 is 0.511 bits per heavy atom. The van der Waals surface area contributed by atoms with Crippen LogP contribution < -0.4 is 0 Å². The van der Waals surface area contributed by atoms with Gasteiger partial charge in [0.15, 0.2) is 12.2 Å². The van der Waals surface area contributed by atoms with Gasteiger partial charge in [0.25, 0.3) is 0 Å². The highest BCUT2D eigenvalue weighted by Crippen LogP contribution is 2.45. The minimum Gasteiger partial charge on any atom is -0.462 e. The van der Waals surface area contributed by atoms with Crippen molar-refractivity contribution in [1.29, 1.82) is 0 Å². The fraction of sp³-hybridized carbons (Fsp3) is 0.944. The molecule has 17 nitrogen and oxygen atoms in total. The van der Waals surface area contributed by atoms with Crippen molar-refractivity contribution in [1.82, 2.24) is 0 Å². The number of carbonyl (C=O) groups is 4. The van der Waals surface area contributed by atoms with Crippen molar-refractivity contribution in [2.45, 2.75) is 375 Å². The van der Waals surface area contributed by atoms with Crippen molar-refractivity contribution in [3.05, 3.63) is 0 Å². The van der Waals surface area contributed by atoms with Crippen LogP contribution in [0.1, 0.15) is 357 Å². The van der Waals surface area contributed by atoms with Gasteiger partial charge in [-0.2, -0.15) is 0 Å². The minimum absolute atomic E-state index is 0.104. The number of ether oxygens (including phenoxy) is 4. The first-order valence-electron chi connectivity index (χ1n) is 36.8. The molecule has 0 spiro atoms. The normalized spacial score (nSPS) is 14.2. The molecule has 0 heterocycles.